The van der Waals surface area contributed by atoms with Crippen molar-refractivity contribution in [2.45, 2.75) is 25.6 Å². The highest BCUT2D eigenvalue weighted by Gasteiger charge is 2.26. The molecule has 30 heavy (non-hydrogen) atoms. The zero-order valence-corrected chi connectivity index (χ0v) is 16.6. The van der Waals surface area contributed by atoms with Gasteiger partial charge in [0.05, 0.1) is 5.69 Å². The third-order valence-electron chi connectivity index (χ3n) is 4.85. The van der Waals surface area contributed by atoms with Crippen LogP contribution in [-0.2, 0) is 6.54 Å². The van der Waals surface area contributed by atoms with Crippen molar-refractivity contribution in [1.29, 1.82) is 0 Å². The van der Waals surface area contributed by atoms with Crippen molar-refractivity contribution in [3.8, 4) is 5.75 Å². The lowest BCUT2D eigenvalue weighted by atomic mass is 10.1. The fourth-order valence-electron chi connectivity index (χ4n) is 3.42. The van der Waals surface area contributed by atoms with Gasteiger partial charge in [0.25, 0.3) is 0 Å². The molecule has 1 fully saturated rings. The monoisotopic (exact) mass is 417 g/mol. The highest BCUT2D eigenvalue weighted by molar-refractivity contribution is 5.92. The van der Waals surface area contributed by atoms with E-state index < -0.39 is 12.5 Å². The Balaban J connectivity index is 1.57. The molecular weight excluding hydrogens is 392 g/mol. The number of aliphatic imine (C=N–C) groups is 1. The lowest BCUT2D eigenvalue weighted by Gasteiger charge is -2.22. The van der Waals surface area contributed by atoms with Crippen molar-refractivity contribution in [1.82, 2.24) is 10.6 Å². The first-order chi connectivity index (χ1) is 14.5. The number of hydrogen-bond acceptors (Lipinski definition) is 4. The number of carbonyl (C=O) groups is 1. The van der Waals surface area contributed by atoms with Crippen LogP contribution in [0.1, 0.15) is 22.3 Å². The Labute approximate surface area is 173 Å². The van der Waals surface area contributed by atoms with Gasteiger partial charge in [-0.25, -0.2) is 0 Å². The largest absolute Gasteiger partial charge is 0.433 e. The zero-order chi connectivity index (χ0) is 21.5. The Bertz CT molecular complexity index is 906. The smallest absolute Gasteiger partial charge is 0.387 e. The van der Waals surface area contributed by atoms with E-state index in [2.05, 4.69) is 20.4 Å². The second-order valence-electron chi connectivity index (χ2n) is 6.91. The van der Waals surface area contributed by atoms with E-state index in [1.807, 2.05) is 11.0 Å². The van der Waals surface area contributed by atoms with Gasteiger partial charge < -0.3 is 26.0 Å². The highest BCUT2D eigenvalue weighted by atomic mass is 19.3. The molecule has 1 heterocycles. The van der Waals surface area contributed by atoms with Gasteiger partial charge in [0.15, 0.2) is 5.96 Å². The van der Waals surface area contributed by atoms with Crippen LogP contribution in [0.15, 0.2) is 53.5 Å². The maximum atomic E-state index is 12.7. The second kappa shape index (κ2) is 9.91. The van der Waals surface area contributed by atoms with E-state index >= 15 is 0 Å². The number of anilines is 1. The van der Waals surface area contributed by atoms with Crippen molar-refractivity contribution < 1.29 is 18.3 Å². The molecule has 0 aromatic heterocycles. The molecule has 1 saturated heterocycles. The van der Waals surface area contributed by atoms with E-state index in [1.54, 1.807) is 49.5 Å². The predicted molar refractivity (Wildman–Crippen MR) is 112 cm³/mol. The number of rotatable bonds is 7. The minimum Gasteiger partial charge on any atom is -0.433 e. The number of benzene rings is 2. The summed E-state index contributed by atoms with van der Waals surface area (Å²) in [6.07, 6.45) is 0.820. The summed E-state index contributed by atoms with van der Waals surface area (Å²) in [5, 5.41) is 6.57. The van der Waals surface area contributed by atoms with Crippen LogP contribution in [-0.4, -0.2) is 44.7 Å². The number of ether oxygens (including phenoxy) is 1. The number of alkyl halides is 2. The Morgan fingerprint density at radius 3 is 2.83 bits per heavy atom. The number of nitrogens with one attached hydrogen (secondary N) is 2. The van der Waals surface area contributed by atoms with Crippen LogP contribution >= 0.6 is 0 Å². The molecule has 0 aliphatic carbocycles. The first-order valence-electron chi connectivity index (χ1n) is 9.61. The molecule has 1 aliphatic rings. The summed E-state index contributed by atoms with van der Waals surface area (Å²) in [6, 6.07) is 14.0. The van der Waals surface area contributed by atoms with E-state index in [9.17, 15) is 13.6 Å². The molecule has 0 bridgehead atoms. The van der Waals surface area contributed by atoms with Crippen LogP contribution < -0.4 is 26.0 Å². The number of guanidine groups is 1. The summed E-state index contributed by atoms with van der Waals surface area (Å²) in [5.41, 5.74) is 7.32. The molecule has 1 unspecified atom stereocenters. The molecule has 0 saturated carbocycles. The van der Waals surface area contributed by atoms with Crippen LogP contribution in [0.5, 0.6) is 5.75 Å². The van der Waals surface area contributed by atoms with Gasteiger partial charge in [-0.15, -0.1) is 0 Å². The molecule has 4 N–H and O–H groups in total. The minimum atomic E-state index is -2.86. The van der Waals surface area contributed by atoms with Crippen molar-refractivity contribution in [3.05, 3.63) is 59.7 Å². The highest BCUT2D eigenvalue weighted by Crippen LogP contribution is 2.31. The number of hydrogen-bond donors (Lipinski definition) is 3. The normalized spacial score (nSPS) is 16.6. The van der Waals surface area contributed by atoms with E-state index in [0.717, 1.165) is 12.0 Å². The SMILES string of the molecule is CN=C(NCc1cccc(C(N)=O)c1)NC1CCN(c2ccccc2OC(F)F)C1. The lowest BCUT2D eigenvalue weighted by Crippen LogP contribution is -2.44. The number of para-hydroxylation sites is 2. The number of primary amides is 1. The Kier molecular flexibility index (Phi) is 7.05. The van der Waals surface area contributed by atoms with Gasteiger partial charge in [-0.3, -0.25) is 9.79 Å². The summed E-state index contributed by atoms with van der Waals surface area (Å²) in [5.74, 6) is 0.315. The van der Waals surface area contributed by atoms with Gasteiger partial charge in [0.2, 0.25) is 5.91 Å². The van der Waals surface area contributed by atoms with Gasteiger partial charge in [-0.2, -0.15) is 8.78 Å². The number of amides is 1. The van der Waals surface area contributed by atoms with Gasteiger partial charge in [-0.05, 0) is 36.2 Å². The van der Waals surface area contributed by atoms with Crippen LogP contribution in [0.25, 0.3) is 0 Å². The molecule has 7 nitrogen and oxygen atoms in total. The molecule has 0 spiro atoms. The van der Waals surface area contributed by atoms with Gasteiger partial charge >= 0.3 is 6.61 Å². The number of nitrogens with zero attached hydrogens (tertiary/aromatic N) is 2. The summed E-state index contributed by atoms with van der Waals surface area (Å²) in [6.45, 7) is -1.05. The standard InChI is InChI=1S/C21H25F2N5O2/c1-25-21(26-12-14-5-4-6-15(11-14)19(24)29)27-16-9-10-28(13-16)17-7-2-3-8-18(17)30-20(22)23/h2-8,11,16,20H,9-10,12-13H2,1H3,(H2,24,29)(H2,25,26,27). The molecule has 2 aromatic carbocycles. The summed E-state index contributed by atoms with van der Waals surface area (Å²) in [7, 11) is 1.67. The zero-order valence-electron chi connectivity index (χ0n) is 16.6. The molecule has 2 aromatic rings. The number of carbonyl (C=O) groups excluding carboxylic acids is 1. The topological polar surface area (TPSA) is 92.0 Å². The van der Waals surface area contributed by atoms with Crippen molar-refractivity contribution >= 4 is 17.6 Å². The lowest BCUT2D eigenvalue weighted by molar-refractivity contribution is -0.0495. The number of halogens is 2. The Morgan fingerprint density at radius 2 is 2.10 bits per heavy atom. The molecule has 3 rings (SSSR count). The van der Waals surface area contributed by atoms with Gasteiger partial charge in [0, 0.05) is 38.3 Å². The Morgan fingerprint density at radius 1 is 1.30 bits per heavy atom. The molecule has 1 aliphatic heterocycles. The maximum Gasteiger partial charge on any atom is 0.387 e. The first-order valence-corrected chi connectivity index (χ1v) is 9.61. The molecule has 1 amide bonds. The summed E-state index contributed by atoms with van der Waals surface area (Å²) in [4.78, 5) is 17.6. The van der Waals surface area contributed by atoms with Crippen molar-refractivity contribution in [2.24, 2.45) is 10.7 Å². The third kappa shape index (κ3) is 5.59. The first kappa shape index (κ1) is 21.4. The fraction of sp³-hybridized carbons (Fsp3) is 0.333. The van der Waals surface area contributed by atoms with Crippen molar-refractivity contribution in [2.75, 3.05) is 25.0 Å². The predicted octanol–water partition coefficient (Wildman–Crippen LogP) is 2.33. The van der Waals surface area contributed by atoms with Crippen molar-refractivity contribution in [3.63, 3.8) is 0 Å². The van der Waals surface area contributed by atoms with Crippen LogP contribution in [0.3, 0.4) is 0 Å². The molecule has 160 valence electrons. The average Bonchev–Trinajstić information content (AvgIpc) is 3.19. The summed E-state index contributed by atoms with van der Waals surface area (Å²) < 4.78 is 30.0. The third-order valence-corrected chi connectivity index (χ3v) is 4.85. The molecular formula is C21H25F2N5O2. The quantitative estimate of drug-likeness (QED) is 0.475. The average molecular weight is 417 g/mol. The van der Waals surface area contributed by atoms with Crippen LogP contribution in [0.2, 0.25) is 0 Å². The van der Waals surface area contributed by atoms with E-state index in [4.69, 9.17) is 5.73 Å². The van der Waals surface area contributed by atoms with Crippen LogP contribution in [0, 0.1) is 0 Å². The summed E-state index contributed by atoms with van der Waals surface area (Å²) >= 11 is 0. The minimum absolute atomic E-state index is 0.0905. The Hall–Kier alpha value is -3.36. The maximum absolute atomic E-state index is 12.7. The van der Waals surface area contributed by atoms with Crippen LogP contribution in [0.4, 0.5) is 14.5 Å². The van der Waals surface area contributed by atoms with E-state index in [-0.39, 0.29) is 11.8 Å². The van der Waals surface area contributed by atoms with Gasteiger partial charge in [-0.1, -0.05) is 24.3 Å². The second-order valence-corrected chi connectivity index (χ2v) is 6.91. The number of nitrogens with two attached hydrogens (primary N) is 1. The fourth-order valence-corrected chi connectivity index (χ4v) is 3.42. The molecule has 1 atom stereocenters. The molecule has 9 heteroatoms. The van der Waals surface area contributed by atoms with Gasteiger partial charge in [0.1, 0.15) is 5.75 Å². The van der Waals surface area contributed by atoms with E-state index in [1.165, 1.54) is 0 Å². The van der Waals surface area contributed by atoms with E-state index in [0.29, 0.717) is 36.8 Å². The molecule has 0 radical (unpaired) electrons.